The quantitative estimate of drug-likeness (QED) is 0.712. The van der Waals surface area contributed by atoms with Gasteiger partial charge >= 0.3 is 0 Å². The highest BCUT2D eigenvalue weighted by molar-refractivity contribution is 8.01. The minimum Gasteiger partial charge on any atom is -0.326 e. The lowest BCUT2D eigenvalue weighted by molar-refractivity contribution is 0.980. The van der Waals surface area contributed by atoms with Crippen molar-refractivity contribution in [1.82, 2.24) is 4.98 Å². The molecule has 0 aliphatic carbocycles. The van der Waals surface area contributed by atoms with Gasteiger partial charge in [0.15, 0.2) is 4.34 Å². The molecule has 1 heterocycles. The second-order valence-corrected chi connectivity index (χ2v) is 7.36. The van der Waals surface area contributed by atoms with Crippen LogP contribution in [0.2, 0.25) is 0 Å². The van der Waals surface area contributed by atoms with Gasteiger partial charge in [0.1, 0.15) is 0 Å². The smallest absolute Gasteiger partial charge is 0.155 e. The predicted octanol–water partition coefficient (Wildman–Crippen LogP) is 4.63. The maximum atomic E-state index is 5.91. The molecular formula is C15H14N2S3. The molecule has 0 spiro atoms. The summed E-state index contributed by atoms with van der Waals surface area (Å²) >= 11 is 5.18. The van der Waals surface area contributed by atoms with Crippen LogP contribution in [-0.2, 0) is 6.54 Å². The number of rotatable bonds is 4. The van der Waals surface area contributed by atoms with Crippen LogP contribution in [0.1, 0.15) is 5.56 Å². The molecule has 2 N–H and O–H groups in total. The minimum atomic E-state index is 0.560. The van der Waals surface area contributed by atoms with Gasteiger partial charge in [-0.3, -0.25) is 0 Å². The van der Waals surface area contributed by atoms with E-state index in [0.29, 0.717) is 6.54 Å². The molecule has 0 unspecified atom stereocenters. The first-order valence-corrected chi connectivity index (χ1v) is 9.07. The SMILES string of the molecule is CSc1cccc(Sc2nc3ccccc3s2)c1CN. The van der Waals surface area contributed by atoms with Crippen molar-refractivity contribution in [2.45, 2.75) is 20.7 Å². The van der Waals surface area contributed by atoms with E-state index in [-0.39, 0.29) is 0 Å². The van der Waals surface area contributed by atoms with E-state index in [1.54, 1.807) is 34.9 Å². The Balaban J connectivity index is 1.98. The van der Waals surface area contributed by atoms with Crippen molar-refractivity contribution < 1.29 is 0 Å². The monoisotopic (exact) mass is 318 g/mol. The topological polar surface area (TPSA) is 38.9 Å². The molecule has 0 saturated carbocycles. The summed E-state index contributed by atoms with van der Waals surface area (Å²) in [4.78, 5) is 7.13. The Bertz CT molecular complexity index is 704. The summed E-state index contributed by atoms with van der Waals surface area (Å²) in [6, 6.07) is 14.6. The second kappa shape index (κ2) is 6.18. The molecule has 3 rings (SSSR count). The van der Waals surface area contributed by atoms with Crippen molar-refractivity contribution in [3.63, 3.8) is 0 Å². The number of fused-ring (bicyclic) bond motifs is 1. The van der Waals surface area contributed by atoms with Crippen LogP contribution in [0.4, 0.5) is 0 Å². The molecule has 2 aromatic carbocycles. The zero-order valence-electron chi connectivity index (χ0n) is 11.0. The lowest BCUT2D eigenvalue weighted by Gasteiger charge is -2.09. The van der Waals surface area contributed by atoms with Crippen molar-refractivity contribution in [3.05, 3.63) is 48.0 Å². The molecule has 5 heteroatoms. The van der Waals surface area contributed by atoms with E-state index in [1.807, 2.05) is 6.07 Å². The van der Waals surface area contributed by atoms with Crippen LogP contribution < -0.4 is 5.73 Å². The third-order valence-electron chi connectivity index (χ3n) is 2.99. The van der Waals surface area contributed by atoms with Gasteiger partial charge in [-0.15, -0.1) is 23.1 Å². The number of thioether (sulfide) groups is 1. The summed E-state index contributed by atoms with van der Waals surface area (Å²) in [6.45, 7) is 0.560. The number of aromatic nitrogens is 1. The van der Waals surface area contributed by atoms with Gasteiger partial charge in [0.2, 0.25) is 0 Å². The number of hydrogen-bond acceptors (Lipinski definition) is 5. The van der Waals surface area contributed by atoms with Crippen LogP contribution in [0.5, 0.6) is 0 Å². The summed E-state index contributed by atoms with van der Waals surface area (Å²) in [5, 5.41) is 0. The van der Waals surface area contributed by atoms with E-state index >= 15 is 0 Å². The highest BCUT2D eigenvalue weighted by Gasteiger charge is 2.10. The lowest BCUT2D eigenvalue weighted by Crippen LogP contribution is -2.00. The number of thiazole rings is 1. The Labute approximate surface area is 130 Å². The maximum Gasteiger partial charge on any atom is 0.155 e. The van der Waals surface area contributed by atoms with Crippen molar-refractivity contribution in [1.29, 1.82) is 0 Å². The molecule has 0 bridgehead atoms. The summed E-state index contributed by atoms with van der Waals surface area (Å²) in [6.07, 6.45) is 2.08. The van der Waals surface area contributed by atoms with E-state index in [0.717, 1.165) is 9.86 Å². The number of nitrogens with two attached hydrogens (primary N) is 1. The van der Waals surface area contributed by atoms with Gasteiger partial charge in [0.05, 0.1) is 10.2 Å². The van der Waals surface area contributed by atoms with E-state index in [9.17, 15) is 0 Å². The summed E-state index contributed by atoms with van der Waals surface area (Å²) in [5.74, 6) is 0. The first-order chi connectivity index (χ1) is 9.81. The average molecular weight is 318 g/mol. The molecule has 0 aliphatic rings. The molecule has 102 valence electrons. The third-order valence-corrected chi connectivity index (χ3v) is 6.01. The maximum absolute atomic E-state index is 5.91. The van der Waals surface area contributed by atoms with Crippen molar-refractivity contribution in [2.75, 3.05) is 6.26 Å². The van der Waals surface area contributed by atoms with Crippen LogP contribution in [0.15, 0.2) is 56.6 Å². The fourth-order valence-electron chi connectivity index (χ4n) is 2.02. The summed E-state index contributed by atoms with van der Waals surface area (Å²) in [7, 11) is 0. The minimum absolute atomic E-state index is 0.560. The van der Waals surface area contributed by atoms with E-state index in [2.05, 4.69) is 47.6 Å². The van der Waals surface area contributed by atoms with Gasteiger partial charge in [-0.25, -0.2) is 4.98 Å². The van der Waals surface area contributed by atoms with Gasteiger partial charge in [-0.2, -0.15) is 0 Å². The first-order valence-electron chi connectivity index (χ1n) is 6.21. The van der Waals surface area contributed by atoms with Crippen LogP contribution in [0, 0.1) is 0 Å². The lowest BCUT2D eigenvalue weighted by atomic mass is 10.2. The molecule has 3 aromatic rings. The number of hydrogen-bond donors (Lipinski definition) is 1. The fourth-order valence-corrected chi connectivity index (χ4v) is 4.94. The van der Waals surface area contributed by atoms with Gasteiger partial charge in [0.25, 0.3) is 0 Å². The highest BCUT2D eigenvalue weighted by Crippen LogP contribution is 2.38. The first kappa shape index (κ1) is 13.9. The Kier molecular flexibility index (Phi) is 4.31. The Hall–Kier alpha value is -1.01. The summed E-state index contributed by atoms with van der Waals surface area (Å²) < 4.78 is 2.30. The highest BCUT2D eigenvalue weighted by atomic mass is 32.2. The average Bonchev–Trinajstić information content (AvgIpc) is 2.89. The molecule has 2 nitrogen and oxygen atoms in total. The predicted molar refractivity (Wildman–Crippen MR) is 89.9 cm³/mol. The van der Waals surface area contributed by atoms with Crippen molar-refractivity contribution in [3.8, 4) is 0 Å². The van der Waals surface area contributed by atoms with E-state index in [4.69, 9.17) is 5.73 Å². The van der Waals surface area contributed by atoms with Gasteiger partial charge in [0, 0.05) is 16.3 Å². The Morgan fingerprint density at radius 3 is 2.65 bits per heavy atom. The van der Waals surface area contributed by atoms with Crippen LogP contribution in [-0.4, -0.2) is 11.2 Å². The molecule has 0 radical (unpaired) electrons. The molecule has 0 atom stereocenters. The fraction of sp³-hybridized carbons (Fsp3) is 0.133. The number of benzene rings is 2. The second-order valence-electron chi connectivity index (χ2n) is 4.19. The molecular weight excluding hydrogens is 304 g/mol. The Morgan fingerprint density at radius 2 is 1.90 bits per heavy atom. The van der Waals surface area contributed by atoms with Gasteiger partial charge in [-0.05, 0) is 36.1 Å². The normalized spacial score (nSPS) is 11.1. The zero-order valence-corrected chi connectivity index (χ0v) is 13.4. The number of nitrogens with zero attached hydrogens (tertiary/aromatic N) is 1. The molecule has 0 saturated heterocycles. The van der Waals surface area contributed by atoms with E-state index < -0.39 is 0 Å². The van der Waals surface area contributed by atoms with E-state index in [1.165, 1.54) is 20.1 Å². The third kappa shape index (κ3) is 2.72. The molecule has 20 heavy (non-hydrogen) atoms. The largest absolute Gasteiger partial charge is 0.326 e. The van der Waals surface area contributed by atoms with Crippen molar-refractivity contribution >= 4 is 45.1 Å². The summed E-state index contributed by atoms with van der Waals surface area (Å²) in [5.41, 5.74) is 8.19. The number of para-hydroxylation sites is 1. The molecule has 0 aliphatic heterocycles. The van der Waals surface area contributed by atoms with Crippen LogP contribution in [0.3, 0.4) is 0 Å². The molecule has 0 fully saturated rings. The standard InChI is InChI=1S/C15H14N2S3/c1-18-12-7-4-8-13(10(12)9-16)19-15-17-11-5-2-3-6-14(11)20-15/h2-8H,9,16H2,1H3. The van der Waals surface area contributed by atoms with Gasteiger partial charge in [-0.1, -0.05) is 30.0 Å². The Morgan fingerprint density at radius 1 is 1.10 bits per heavy atom. The molecule has 1 aromatic heterocycles. The van der Waals surface area contributed by atoms with Gasteiger partial charge < -0.3 is 5.73 Å². The zero-order chi connectivity index (χ0) is 13.9. The van der Waals surface area contributed by atoms with Crippen LogP contribution in [0.25, 0.3) is 10.2 Å². The van der Waals surface area contributed by atoms with Crippen LogP contribution >= 0.6 is 34.9 Å². The van der Waals surface area contributed by atoms with Crippen molar-refractivity contribution in [2.24, 2.45) is 5.73 Å². The molecule has 0 amide bonds.